The first-order chi connectivity index (χ1) is 7.31. The molecular weight excluding hydrogens is 212 g/mol. The fraction of sp³-hybridized carbons (Fsp3) is 0.818. The quantitative estimate of drug-likeness (QED) is 0.722. The van der Waals surface area contributed by atoms with E-state index in [0.717, 1.165) is 0 Å². The lowest BCUT2D eigenvalue weighted by molar-refractivity contribution is -0.181. The SMILES string of the molecule is CC(C)(C)OC(=O)C1OCCCC1C(=O)O. The van der Waals surface area contributed by atoms with Crippen LogP contribution in [0.3, 0.4) is 0 Å². The van der Waals surface area contributed by atoms with Crippen LogP contribution < -0.4 is 0 Å². The summed E-state index contributed by atoms with van der Waals surface area (Å²) in [6.07, 6.45) is 0.153. The summed E-state index contributed by atoms with van der Waals surface area (Å²) in [5.41, 5.74) is -0.624. The molecule has 92 valence electrons. The van der Waals surface area contributed by atoms with Gasteiger partial charge in [0.15, 0.2) is 6.10 Å². The van der Waals surface area contributed by atoms with E-state index in [1.165, 1.54) is 0 Å². The Bertz CT molecular complexity index is 279. The molecule has 0 amide bonds. The molecule has 1 aliphatic rings. The lowest BCUT2D eigenvalue weighted by atomic mass is 9.94. The lowest BCUT2D eigenvalue weighted by Crippen LogP contribution is -2.43. The predicted octanol–water partition coefficient (Wildman–Crippen LogP) is 1.21. The number of aliphatic carboxylic acids is 1. The molecule has 5 nitrogen and oxygen atoms in total. The number of carboxylic acid groups (broad SMARTS) is 1. The van der Waals surface area contributed by atoms with Crippen molar-refractivity contribution in [3.8, 4) is 0 Å². The van der Waals surface area contributed by atoms with E-state index in [0.29, 0.717) is 19.4 Å². The third kappa shape index (κ3) is 3.48. The molecule has 2 atom stereocenters. The van der Waals surface area contributed by atoms with Crippen LogP contribution in [0.1, 0.15) is 33.6 Å². The van der Waals surface area contributed by atoms with Gasteiger partial charge in [0.25, 0.3) is 0 Å². The van der Waals surface area contributed by atoms with Gasteiger partial charge in [-0.05, 0) is 33.6 Å². The van der Waals surface area contributed by atoms with Crippen molar-refractivity contribution >= 4 is 11.9 Å². The van der Waals surface area contributed by atoms with E-state index in [9.17, 15) is 9.59 Å². The number of carbonyl (C=O) groups excluding carboxylic acids is 1. The van der Waals surface area contributed by atoms with Gasteiger partial charge >= 0.3 is 11.9 Å². The molecule has 1 saturated heterocycles. The van der Waals surface area contributed by atoms with E-state index in [2.05, 4.69) is 0 Å². The summed E-state index contributed by atoms with van der Waals surface area (Å²) in [5.74, 6) is -2.38. The highest BCUT2D eigenvalue weighted by molar-refractivity contribution is 5.83. The van der Waals surface area contributed by atoms with Crippen LogP contribution in [0.5, 0.6) is 0 Å². The van der Waals surface area contributed by atoms with Crippen LogP contribution in [0, 0.1) is 5.92 Å². The normalized spacial score (nSPS) is 26.2. The molecule has 0 bridgehead atoms. The largest absolute Gasteiger partial charge is 0.481 e. The Labute approximate surface area is 94.7 Å². The van der Waals surface area contributed by atoms with Gasteiger partial charge in [-0.3, -0.25) is 4.79 Å². The number of hydrogen-bond donors (Lipinski definition) is 1. The van der Waals surface area contributed by atoms with Gasteiger partial charge in [-0.15, -0.1) is 0 Å². The minimum absolute atomic E-state index is 0.410. The highest BCUT2D eigenvalue weighted by Crippen LogP contribution is 2.23. The van der Waals surface area contributed by atoms with Crippen LogP contribution in [0.15, 0.2) is 0 Å². The molecule has 0 aromatic rings. The van der Waals surface area contributed by atoms with Crippen LogP contribution in [0.25, 0.3) is 0 Å². The highest BCUT2D eigenvalue weighted by Gasteiger charge is 2.39. The summed E-state index contributed by atoms with van der Waals surface area (Å²) in [5, 5.41) is 8.97. The molecule has 1 heterocycles. The van der Waals surface area contributed by atoms with Crippen molar-refractivity contribution in [3.63, 3.8) is 0 Å². The minimum Gasteiger partial charge on any atom is -0.481 e. The topological polar surface area (TPSA) is 72.8 Å². The van der Waals surface area contributed by atoms with Crippen LogP contribution in [0.4, 0.5) is 0 Å². The maximum Gasteiger partial charge on any atom is 0.336 e. The Morgan fingerprint density at radius 2 is 2.00 bits per heavy atom. The van der Waals surface area contributed by atoms with Crippen LogP contribution in [0.2, 0.25) is 0 Å². The molecule has 16 heavy (non-hydrogen) atoms. The van der Waals surface area contributed by atoms with Crippen LogP contribution in [-0.4, -0.2) is 35.4 Å². The molecule has 1 fully saturated rings. The average Bonchev–Trinajstić information content (AvgIpc) is 2.15. The first-order valence-electron chi connectivity index (χ1n) is 5.38. The first-order valence-corrected chi connectivity index (χ1v) is 5.38. The Morgan fingerprint density at radius 1 is 1.38 bits per heavy atom. The Balaban J connectivity index is 2.68. The molecule has 0 aromatic heterocycles. The van der Waals surface area contributed by atoms with Crippen molar-refractivity contribution in [1.82, 2.24) is 0 Å². The number of ether oxygens (including phenoxy) is 2. The standard InChI is InChI=1S/C11H18O5/c1-11(2,3)16-10(14)8-7(9(12)13)5-4-6-15-8/h7-8H,4-6H2,1-3H3,(H,12,13). The van der Waals surface area contributed by atoms with Crippen molar-refractivity contribution < 1.29 is 24.2 Å². The molecule has 5 heteroatoms. The Kier molecular flexibility index (Phi) is 3.91. The van der Waals surface area contributed by atoms with Crippen molar-refractivity contribution in [2.24, 2.45) is 5.92 Å². The third-order valence-electron chi connectivity index (χ3n) is 2.28. The second-order valence-corrected chi connectivity index (χ2v) is 4.91. The molecule has 1 N–H and O–H groups in total. The molecule has 0 radical (unpaired) electrons. The Hall–Kier alpha value is -1.10. The number of esters is 1. The van der Waals surface area contributed by atoms with Crippen LogP contribution >= 0.6 is 0 Å². The summed E-state index contributed by atoms with van der Waals surface area (Å²) in [7, 11) is 0. The molecule has 1 rings (SSSR count). The average molecular weight is 230 g/mol. The van der Waals surface area contributed by atoms with E-state index in [4.69, 9.17) is 14.6 Å². The fourth-order valence-electron chi connectivity index (χ4n) is 1.63. The second kappa shape index (κ2) is 4.82. The van der Waals surface area contributed by atoms with Crippen LogP contribution in [-0.2, 0) is 19.1 Å². The third-order valence-corrected chi connectivity index (χ3v) is 2.28. The minimum atomic E-state index is -1.00. The van der Waals surface area contributed by atoms with Crippen molar-refractivity contribution in [1.29, 1.82) is 0 Å². The molecule has 2 unspecified atom stereocenters. The van der Waals surface area contributed by atoms with E-state index in [1.807, 2.05) is 0 Å². The maximum atomic E-state index is 11.7. The van der Waals surface area contributed by atoms with Crippen molar-refractivity contribution in [3.05, 3.63) is 0 Å². The zero-order valence-corrected chi connectivity index (χ0v) is 9.86. The zero-order valence-electron chi connectivity index (χ0n) is 9.86. The summed E-state index contributed by atoms with van der Waals surface area (Å²) in [6.45, 7) is 5.63. The van der Waals surface area contributed by atoms with E-state index < -0.39 is 29.6 Å². The maximum absolute atomic E-state index is 11.7. The van der Waals surface area contributed by atoms with Gasteiger partial charge in [-0.2, -0.15) is 0 Å². The smallest absolute Gasteiger partial charge is 0.336 e. The van der Waals surface area contributed by atoms with Gasteiger partial charge in [0.1, 0.15) is 5.60 Å². The van der Waals surface area contributed by atoms with E-state index in [1.54, 1.807) is 20.8 Å². The fourth-order valence-corrected chi connectivity index (χ4v) is 1.63. The van der Waals surface area contributed by atoms with Gasteiger partial charge in [0.2, 0.25) is 0 Å². The summed E-state index contributed by atoms with van der Waals surface area (Å²) in [6, 6.07) is 0. The highest BCUT2D eigenvalue weighted by atomic mass is 16.6. The number of carbonyl (C=O) groups is 2. The monoisotopic (exact) mass is 230 g/mol. The lowest BCUT2D eigenvalue weighted by Gasteiger charge is -2.30. The van der Waals surface area contributed by atoms with Gasteiger partial charge in [0.05, 0.1) is 5.92 Å². The summed E-state index contributed by atoms with van der Waals surface area (Å²) < 4.78 is 10.3. The number of hydrogen-bond acceptors (Lipinski definition) is 4. The van der Waals surface area contributed by atoms with Gasteiger partial charge < -0.3 is 14.6 Å². The van der Waals surface area contributed by atoms with E-state index in [-0.39, 0.29) is 0 Å². The van der Waals surface area contributed by atoms with E-state index >= 15 is 0 Å². The van der Waals surface area contributed by atoms with Gasteiger partial charge in [0, 0.05) is 6.61 Å². The number of carboxylic acids is 1. The molecule has 0 aliphatic carbocycles. The second-order valence-electron chi connectivity index (χ2n) is 4.91. The number of rotatable bonds is 2. The molecule has 0 aromatic carbocycles. The Morgan fingerprint density at radius 3 is 2.50 bits per heavy atom. The molecular formula is C11H18O5. The van der Waals surface area contributed by atoms with Gasteiger partial charge in [-0.25, -0.2) is 4.79 Å². The zero-order chi connectivity index (χ0) is 12.3. The molecule has 0 saturated carbocycles. The summed E-state index contributed by atoms with van der Waals surface area (Å²) >= 11 is 0. The predicted molar refractivity (Wildman–Crippen MR) is 55.9 cm³/mol. The van der Waals surface area contributed by atoms with Crippen molar-refractivity contribution in [2.45, 2.75) is 45.3 Å². The van der Waals surface area contributed by atoms with Crippen molar-refractivity contribution in [2.75, 3.05) is 6.61 Å². The molecule has 1 aliphatic heterocycles. The first kappa shape index (κ1) is 13.0. The molecule has 0 spiro atoms. The summed E-state index contributed by atoms with van der Waals surface area (Å²) in [4.78, 5) is 22.7. The van der Waals surface area contributed by atoms with Gasteiger partial charge in [-0.1, -0.05) is 0 Å².